The topological polar surface area (TPSA) is 43.4 Å². The van der Waals surface area contributed by atoms with Crippen LogP contribution in [0.4, 0.5) is 0 Å². The van der Waals surface area contributed by atoms with E-state index in [1.54, 1.807) is 30.3 Å². The average molecular weight is 369 g/mol. The van der Waals surface area contributed by atoms with Crippen LogP contribution in [0.2, 0.25) is 0 Å². The summed E-state index contributed by atoms with van der Waals surface area (Å²) in [5.41, 5.74) is 0. The van der Waals surface area contributed by atoms with E-state index in [4.69, 9.17) is 4.18 Å². The first-order valence-electron chi connectivity index (χ1n) is 10.1. The van der Waals surface area contributed by atoms with Crippen LogP contribution in [-0.2, 0) is 14.3 Å². The van der Waals surface area contributed by atoms with Crippen LogP contribution < -0.4 is 0 Å². The molecule has 25 heavy (non-hydrogen) atoms. The molecule has 0 unspecified atom stereocenters. The molecule has 0 saturated carbocycles. The lowest BCUT2D eigenvalue weighted by molar-refractivity contribution is 0.306. The summed E-state index contributed by atoms with van der Waals surface area (Å²) in [4.78, 5) is 0.240. The maximum atomic E-state index is 11.9. The highest BCUT2D eigenvalue weighted by Gasteiger charge is 2.13. The third kappa shape index (κ3) is 11.4. The first kappa shape index (κ1) is 22.2. The summed E-state index contributed by atoms with van der Waals surface area (Å²) in [6.45, 7) is 2.54. The maximum absolute atomic E-state index is 11.9. The first-order chi connectivity index (χ1) is 12.2. The van der Waals surface area contributed by atoms with Crippen molar-refractivity contribution in [3.63, 3.8) is 0 Å². The van der Waals surface area contributed by atoms with Gasteiger partial charge in [0.2, 0.25) is 0 Å². The van der Waals surface area contributed by atoms with Gasteiger partial charge in [-0.3, -0.25) is 4.18 Å². The maximum Gasteiger partial charge on any atom is 0.296 e. The molecule has 0 aliphatic heterocycles. The minimum absolute atomic E-state index is 0.240. The number of unbranched alkanes of at least 4 members (excludes halogenated alkanes) is 12. The van der Waals surface area contributed by atoms with Gasteiger partial charge in [-0.2, -0.15) is 8.42 Å². The number of rotatable bonds is 16. The monoisotopic (exact) mass is 368 g/mol. The summed E-state index contributed by atoms with van der Waals surface area (Å²) >= 11 is 0. The molecule has 0 N–H and O–H groups in total. The molecule has 144 valence electrons. The summed E-state index contributed by atoms with van der Waals surface area (Å²) < 4.78 is 28.9. The van der Waals surface area contributed by atoms with Crippen molar-refractivity contribution in [2.75, 3.05) is 6.61 Å². The van der Waals surface area contributed by atoms with E-state index in [1.807, 2.05) is 0 Å². The van der Waals surface area contributed by atoms with Gasteiger partial charge in [-0.25, -0.2) is 0 Å². The van der Waals surface area contributed by atoms with Crippen molar-refractivity contribution in [1.29, 1.82) is 0 Å². The van der Waals surface area contributed by atoms with Gasteiger partial charge in [0, 0.05) is 0 Å². The molecule has 3 nitrogen and oxygen atoms in total. The van der Waals surface area contributed by atoms with Gasteiger partial charge in [-0.15, -0.1) is 0 Å². The highest BCUT2D eigenvalue weighted by atomic mass is 32.2. The Labute approximate surface area is 155 Å². The molecule has 0 aliphatic carbocycles. The van der Waals surface area contributed by atoms with Crippen molar-refractivity contribution in [3.8, 4) is 0 Å². The molecule has 0 heterocycles. The molecule has 0 amide bonds. The largest absolute Gasteiger partial charge is 0.296 e. The molecule has 0 fully saturated rings. The molecular weight excluding hydrogens is 332 g/mol. The van der Waals surface area contributed by atoms with Crippen molar-refractivity contribution in [2.24, 2.45) is 0 Å². The smallest absolute Gasteiger partial charge is 0.266 e. The van der Waals surface area contributed by atoms with E-state index < -0.39 is 10.1 Å². The van der Waals surface area contributed by atoms with E-state index in [0.29, 0.717) is 0 Å². The molecule has 1 aromatic rings. The Bertz CT molecular complexity index is 511. The molecule has 1 rings (SSSR count). The van der Waals surface area contributed by atoms with Gasteiger partial charge in [-0.05, 0) is 18.6 Å². The van der Waals surface area contributed by atoms with Crippen LogP contribution in [0, 0.1) is 0 Å². The minimum Gasteiger partial charge on any atom is -0.266 e. The Morgan fingerprint density at radius 1 is 0.680 bits per heavy atom. The number of hydrogen-bond donors (Lipinski definition) is 0. The van der Waals surface area contributed by atoms with Crippen molar-refractivity contribution in [3.05, 3.63) is 30.3 Å². The predicted octanol–water partition coefficient (Wildman–Crippen LogP) is 6.48. The molecule has 4 heteroatoms. The van der Waals surface area contributed by atoms with E-state index >= 15 is 0 Å². The van der Waals surface area contributed by atoms with Crippen LogP contribution in [0.1, 0.15) is 90.4 Å². The van der Waals surface area contributed by atoms with Crippen molar-refractivity contribution in [2.45, 2.75) is 95.3 Å². The second-order valence-electron chi connectivity index (χ2n) is 6.83. The standard InChI is InChI=1S/C21H36O3S/c1-2-3-4-5-6-7-8-9-10-11-12-13-17-20-24-25(22,23)21-18-15-14-16-19-21/h14-16,18-19H,2-13,17,20H2,1H3. The summed E-state index contributed by atoms with van der Waals surface area (Å²) in [6.07, 6.45) is 16.6. The lowest BCUT2D eigenvalue weighted by Crippen LogP contribution is -2.07. The van der Waals surface area contributed by atoms with Gasteiger partial charge in [0.05, 0.1) is 11.5 Å². The number of hydrogen-bond acceptors (Lipinski definition) is 3. The number of benzene rings is 1. The Morgan fingerprint density at radius 2 is 1.12 bits per heavy atom. The summed E-state index contributed by atoms with van der Waals surface area (Å²) in [6, 6.07) is 8.35. The van der Waals surface area contributed by atoms with Crippen LogP contribution >= 0.6 is 0 Å². The second-order valence-corrected chi connectivity index (χ2v) is 8.45. The van der Waals surface area contributed by atoms with Crippen LogP contribution in [0.15, 0.2) is 35.2 Å². The van der Waals surface area contributed by atoms with Gasteiger partial charge >= 0.3 is 0 Å². The second kappa shape index (κ2) is 14.3. The van der Waals surface area contributed by atoms with Crippen LogP contribution in [0.5, 0.6) is 0 Å². The third-order valence-electron chi connectivity index (χ3n) is 4.52. The zero-order valence-electron chi connectivity index (χ0n) is 15.9. The fourth-order valence-electron chi connectivity index (χ4n) is 2.94. The van der Waals surface area contributed by atoms with Gasteiger partial charge in [0.1, 0.15) is 0 Å². The average Bonchev–Trinajstić information content (AvgIpc) is 2.63. The van der Waals surface area contributed by atoms with Crippen molar-refractivity contribution in [1.82, 2.24) is 0 Å². The highest BCUT2D eigenvalue weighted by molar-refractivity contribution is 7.86. The van der Waals surface area contributed by atoms with E-state index in [0.717, 1.165) is 12.8 Å². The van der Waals surface area contributed by atoms with Gasteiger partial charge in [0.15, 0.2) is 0 Å². The van der Waals surface area contributed by atoms with E-state index in [1.165, 1.54) is 70.6 Å². The van der Waals surface area contributed by atoms with E-state index in [9.17, 15) is 8.42 Å². The zero-order chi connectivity index (χ0) is 18.2. The third-order valence-corrected chi connectivity index (χ3v) is 5.84. The Morgan fingerprint density at radius 3 is 1.60 bits per heavy atom. The lowest BCUT2D eigenvalue weighted by atomic mass is 10.0. The van der Waals surface area contributed by atoms with Gasteiger partial charge < -0.3 is 0 Å². The highest BCUT2D eigenvalue weighted by Crippen LogP contribution is 2.14. The van der Waals surface area contributed by atoms with Crippen molar-refractivity contribution < 1.29 is 12.6 Å². The molecule has 0 radical (unpaired) electrons. The Kier molecular flexibility index (Phi) is 12.7. The molecule has 0 atom stereocenters. The molecule has 0 saturated heterocycles. The first-order valence-corrected chi connectivity index (χ1v) is 11.5. The zero-order valence-corrected chi connectivity index (χ0v) is 16.7. The summed E-state index contributed by atoms with van der Waals surface area (Å²) in [5, 5.41) is 0. The SMILES string of the molecule is CCCCCCCCCCCCCCCOS(=O)(=O)c1ccccc1. The quantitative estimate of drug-likeness (QED) is 0.248. The van der Waals surface area contributed by atoms with Crippen LogP contribution in [0.25, 0.3) is 0 Å². The summed E-state index contributed by atoms with van der Waals surface area (Å²) in [7, 11) is -3.58. The molecule has 0 aliphatic rings. The lowest BCUT2D eigenvalue weighted by Gasteiger charge is -2.06. The predicted molar refractivity (Wildman–Crippen MR) is 105 cm³/mol. The molecule has 0 spiro atoms. The molecule has 0 bridgehead atoms. The van der Waals surface area contributed by atoms with E-state index in [-0.39, 0.29) is 11.5 Å². The Hall–Kier alpha value is -0.870. The fraction of sp³-hybridized carbons (Fsp3) is 0.714. The molecule has 0 aromatic heterocycles. The normalized spacial score (nSPS) is 11.7. The van der Waals surface area contributed by atoms with Gasteiger partial charge in [-0.1, -0.05) is 102 Å². The fourth-order valence-corrected chi connectivity index (χ4v) is 3.91. The van der Waals surface area contributed by atoms with Crippen LogP contribution in [-0.4, -0.2) is 15.0 Å². The molecule has 1 aromatic carbocycles. The summed E-state index contributed by atoms with van der Waals surface area (Å²) in [5.74, 6) is 0. The van der Waals surface area contributed by atoms with Crippen LogP contribution in [0.3, 0.4) is 0 Å². The van der Waals surface area contributed by atoms with Crippen molar-refractivity contribution >= 4 is 10.1 Å². The minimum atomic E-state index is -3.58. The molecular formula is C21H36O3S. The van der Waals surface area contributed by atoms with E-state index in [2.05, 4.69) is 6.92 Å². The van der Waals surface area contributed by atoms with Gasteiger partial charge in [0.25, 0.3) is 10.1 Å². The Balaban J connectivity index is 1.89.